The Morgan fingerprint density at radius 2 is 1.50 bits per heavy atom. The van der Waals surface area contributed by atoms with E-state index in [1.165, 1.54) is 10.8 Å². The number of fused-ring (bicyclic) bond motifs is 7. The predicted octanol–water partition coefficient (Wildman–Crippen LogP) is 7.62. The summed E-state index contributed by atoms with van der Waals surface area (Å²) in [5, 5.41) is 14.0. The average Bonchev–Trinajstić information content (AvgIpc) is 3.44. The van der Waals surface area contributed by atoms with Crippen molar-refractivity contribution in [2.24, 2.45) is 0 Å². The fourth-order valence-corrected chi connectivity index (χ4v) is 5.10. The van der Waals surface area contributed by atoms with E-state index in [0.29, 0.717) is 5.56 Å². The minimum atomic E-state index is 0.543. The molecule has 4 heteroatoms. The van der Waals surface area contributed by atoms with E-state index in [9.17, 15) is 5.26 Å². The highest BCUT2D eigenvalue weighted by Crippen LogP contribution is 2.42. The van der Waals surface area contributed by atoms with Crippen molar-refractivity contribution in [1.29, 1.82) is 5.26 Å². The molecule has 0 atom stereocenters. The van der Waals surface area contributed by atoms with Crippen LogP contribution in [0.5, 0.6) is 0 Å². The molecule has 0 saturated heterocycles. The van der Waals surface area contributed by atoms with Gasteiger partial charge in [-0.3, -0.25) is 4.98 Å². The van der Waals surface area contributed by atoms with Gasteiger partial charge in [0, 0.05) is 45.1 Å². The van der Waals surface area contributed by atoms with Crippen molar-refractivity contribution in [3.8, 4) is 22.9 Å². The number of hydrogen-bond acceptors (Lipinski definition) is 3. The van der Waals surface area contributed by atoms with Crippen LogP contribution in [0.1, 0.15) is 5.56 Å². The smallest absolute Gasteiger partial charge is 0.136 e. The Kier molecular flexibility index (Phi) is 3.88. The summed E-state index contributed by atoms with van der Waals surface area (Å²) in [7, 11) is 0. The van der Waals surface area contributed by atoms with Gasteiger partial charge in [0.25, 0.3) is 0 Å². The maximum absolute atomic E-state index is 9.41. The molecule has 3 heterocycles. The van der Waals surface area contributed by atoms with Gasteiger partial charge in [0.05, 0.1) is 22.3 Å². The molecule has 0 amide bonds. The van der Waals surface area contributed by atoms with Gasteiger partial charge >= 0.3 is 0 Å². The molecule has 0 aliphatic rings. The highest BCUT2D eigenvalue weighted by molar-refractivity contribution is 6.27. The normalized spacial score (nSPS) is 11.5. The SMILES string of the molecule is N#Cc1cncc(-c2ccccc2-n2c3ccccc3c3c4c(ccc32)oc2ccccc24)c1. The highest BCUT2D eigenvalue weighted by atomic mass is 16.3. The van der Waals surface area contributed by atoms with Crippen molar-refractivity contribution < 1.29 is 4.42 Å². The van der Waals surface area contributed by atoms with Crippen LogP contribution in [0.25, 0.3) is 60.6 Å². The van der Waals surface area contributed by atoms with E-state index in [-0.39, 0.29) is 0 Å². The van der Waals surface area contributed by atoms with Crippen molar-refractivity contribution in [3.05, 3.63) is 109 Å². The lowest BCUT2D eigenvalue weighted by Crippen LogP contribution is -1.97. The maximum atomic E-state index is 9.41. The molecule has 0 aliphatic carbocycles. The van der Waals surface area contributed by atoms with Crippen molar-refractivity contribution >= 4 is 43.7 Å². The Morgan fingerprint density at radius 1 is 0.706 bits per heavy atom. The van der Waals surface area contributed by atoms with Crippen LogP contribution in [0.4, 0.5) is 0 Å². The molecule has 4 nitrogen and oxygen atoms in total. The van der Waals surface area contributed by atoms with E-state index in [4.69, 9.17) is 4.42 Å². The van der Waals surface area contributed by atoms with Crippen molar-refractivity contribution in [2.45, 2.75) is 0 Å². The molecule has 0 unspecified atom stereocenters. The largest absolute Gasteiger partial charge is 0.456 e. The van der Waals surface area contributed by atoms with Gasteiger partial charge in [0.1, 0.15) is 17.2 Å². The molecule has 0 saturated carbocycles. The fourth-order valence-electron chi connectivity index (χ4n) is 5.10. The maximum Gasteiger partial charge on any atom is 0.136 e. The van der Waals surface area contributed by atoms with Crippen LogP contribution in [0.2, 0.25) is 0 Å². The second-order valence-electron chi connectivity index (χ2n) is 8.37. The van der Waals surface area contributed by atoms with E-state index in [1.54, 1.807) is 6.20 Å². The molecule has 7 rings (SSSR count). The zero-order valence-corrected chi connectivity index (χ0v) is 18.1. The lowest BCUT2D eigenvalue weighted by molar-refractivity contribution is 0.669. The number of aromatic nitrogens is 2. The molecule has 7 aromatic rings. The molecule has 0 N–H and O–H groups in total. The summed E-state index contributed by atoms with van der Waals surface area (Å²) < 4.78 is 8.50. The van der Waals surface area contributed by atoms with Crippen molar-refractivity contribution in [3.63, 3.8) is 0 Å². The molecule has 0 bridgehead atoms. The third kappa shape index (κ3) is 2.55. The molecule has 0 spiro atoms. The van der Waals surface area contributed by atoms with Crippen LogP contribution in [-0.4, -0.2) is 9.55 Å². The van der Waals surface area contributed by atoms with Gasteiger partial charge in [0.2, 0.25) is 0 Å². The van der Waals surface area contributed by atoms with Gasteiger partial charge in [0.15, 0.2) is 0 Å². The number of pyridine rings is 1. The molecule has 3 aromatic heterocycles. The zero-order valence-electron chi connectivity index (χ0n) is 18.1. The Balaban J connectivity index is 1.65. The number of furan rings is 1. The minimum absolute atomic E-state index is 0.543. The predicted molar refractivity (Wildman–Crippen MR) is 136 cm³/mol. The van der Waals surface area contributed by atoms with Crippen LogP contribution in [0.15, 0.2) is 108 Å². The molecular formula is C30H17N3O. The second kappa shape index (κ2) is 7.06. The fraction of sp³-hybridized carbons (Fsp3) is 0. The van der Waals surface area contributed by atoms with E-state index < -0.39 is 0 Å². The first-order chi connectivity index (χ1) is 16.8. The van der Waals surface area contributed by atoms with E-state index in [2.05, 4.69) is 76.3 Å². The van der Waals surface area contributed by atoms with Gasteiger partial charge in [-0.2, -0.15) is 5.26 Å². The van der Waals surface area contributed by atoms with E-state index in [1.807, 2.05) is 36.5 Å². The Hall–Kier alpha value is -4.88. The highest BCUT2D eigenvalue weighted by Gasteiger charge is 2.19. The van der Waals surface area contributed by atoms with E-state index in [0.717, 1.165) is 49.8 Å². The summed E-state index contributed by atoms with van der Waals surface area (Å²) in [5.41, 5.74) is 7.52. The van der Waals surface area contributed by atoms with Crippen LogP contribution in [-0.2, 0) is 0 Å². The van der Waals surface area contributed by atoms with Crippen LogP contribution < -0.4 is 0 Å². The monoisotopic (exact) mass is 435 g/mol. The van der Waals surface area contributed by atoms with Crippen molar-refractivity contribution in [1.82, 2.24) is 9.55 Å². The molecular weight excluding hydrogens is 418 g/mol. The molecule has 0 radical (unpaired) electrons. The van der Waals surface area contributed by atoms with Crippen LogP contribution >= 0.6 is 0 Å². The summed E-state index contributed by atoms with van der Waals surface area (Å²) in [4.78, 5) is 4.30. The third-order valence-corrected chi connectivity index (χ3v) is 6.50. The molecule has 0 aliphatic heterocycles. The number of nitriles is 1. The average molecular weight is 435 g/mol. The van der Waals surface area contributed by atoms with Crippen LogP contribution in [0, 0.1) is 11.3 Å². The number of hydrogen-bond donors (Lipinski definition) is 0. The quantitative estimate of drug-likeness (QED) is 0.281. The minimum Gasteiger partial charge on any atom is -0.456 e. The Morgan fingerprint density at radius 3 is 2.41 bits per heavy atom. The Labute approximate surface area is 194 Å². The standard InChI is InChI=1S/C30H17N3O/c31-16-19-15-20(18-32-17-19)21-7-1-4-10-24(21)33-25-11-5-2-8-22(25)29-26(33)13-14-28-30(29)23-9-3-6-12-27(23)34-28/h1-15,17-18H. The van der Waals surface area contributed by atoms with Crippen LogP contribution in [0.3, 0.4) is 0 Å². The lowest BCUT2D eigenvalue weighted by atomic mass is 10.0. The summed E-state index contributed by atoms with van der Waals surface area (Å²) in [6, 6.07) is 33.3. The molecule has 0 fully saturated rings. The number of para-hydroxylation sites is 3. The molecule has 158 valence electrons. The number of rotatable bonds is 2. The lowest BCUT2D eigenvalue weighted by Gasteiger charge is -2.14. The molecule has 34 heavy (non-hydrogen) atoms. The zero-order chi connectivity index (χ0) is 22.6. The van der Waals surface area contributed by atoms with Gasteiger partial charge in [-0.25, -0.2) is 0 Å². The molecule has 4 aromatic carbocycles. The first kappa shape index (κ1) is 18.7. The first-order valence-electron chi connectivity index (χ1n) is 11.1. The number of nitrogens with zero attached hydrogens (tertiary/aromatic N) is 3. The second-order valence-corrected chi connectivity index (χ2v) is 8.37. The van der Waals surface area contributed by atoms with Gasteiger partial charge in [-0.15, -0.1) is 0 Å². The van der Waals surface area contributed by atoms with Crippen molar-refractivity contribution in [2.75, 3.05) is 0 Å². The number of benzene rings is 4. The van der Waals surface area contributed by atoms with Gasteiger partial charge in [-0.1, -0.05) is 54.6 Å². The van der Waals surface area contributed by atoms with Gasteiger partial charge in [-0.05, 0) is 36.4 Å². The summed E-state index contributed by atoms with van der Waals surface area (Å²) in [6.45, 7) is 0. The summed E-state index contributed by atoms with van der Waals surface area (Å²) >= 11 is 0. The third-order valence-electron chi connectivity index (χ3n) is 6.50. The summed E-state index contributed by atoms with van der Waals surface area (Å²) in [5.74, 6) is 0. The summed E-state index contributed by atoms with van der Waals surface area (Å²) in [6.07, 6.45) is 3.41. The van der Waals surface area contributed by atoms with Gasteiger partial charge < -0.3 is 8.98 Å². The topological polar surface area (TPSA) is 54.8 Å². The first-order valence-corrected chi connectivity index (χ1v) is 11.1. The Bertz CT molecular complexity index is 1930. The van der Waals surface area contributed by atoms with E-state index >= 15 is 0 Å².